The van der Waals surface area contributed by atoms with E-state index in [4.69, 9.17) is 9.05 Å². The summed E-state index contributed by atoms with van der Waals surface area (Å²) in [6.07, 6.45) is 84.6. The fourth-order valence-electron chi connectivity index (χ4n) is 8.37. The number of nitrogens with zero attached hydrogens (tertiary/aromatic N) is 1. The monoisotopic (exact) mass is 1080 g/mol. The summed E-state index contributed by atoms with van der Waals surface area (Å²) >= 11 is 0. The molecule has 436 valence electrons. The van der Waals surface area contributed by atoms with Gasteiger partial charge in [-0.25, -0.2) is 4.57 Å². The highest BCUT2D eigenvalue weighted by atomic mass is 31.2. The van der Waals surface area contributed by atoms with Gasteiger partial charge in [-0.1, -0.05) is 264 Å². The van der Waals surface area contributed by atoms with Gasteiger partial charge in [0.05, 0.1) is 39.9 Å². The molecule has 1 amide bonds. The lowest BCUT2D eigenvalue weighted by atomic mass is 10.0. The van der Waals surface area contributed by atoms with Crippen LogP contribution in [-0.4, -0.2) is 73.4 Å². The first kappa shape index (κ1) is 72.9. The zero-order valence-electron chi connectivity index (χ0n) is 49.7. The predicted molar refractivity (Wildman–Crippen MR) is 332 cm³/mol. The van der Waals surface area contributed by atoms with Crippen molar-refractivity contribution in [2.75, 3.05) is 40.9 Å². The summed E-state index contributed by atoms with van der Waals surface area (Å²) in [6, 6.07) is -0.870. The Labute approximate surface area is 469 Å². The Balaban J connectivity index is 4.07. The van der Waals surface area contributed by atoms with Gasteiger partial charge >= 0.3 is 7.82 Å². The number of allylic oxidation sites excluding steroid dienone is 19. The van der Waals surface area contributed by atoms with Gasteiger partial charge in [-0.05, 0) is 96.3 Å². The van der Waals surface area contributed by atoms with Crippen LogP contribution < -0.4 is 5.32 Å². The maximum atomic E-state index is 13.0. The van der Waals surface area contributed by atoms with Crippen molar-refractivity contribution in [3.8, 4) is 0 Å². The third-order valence-corrected chi connectivity index (χ3v) is 14.1. The first-order chi connectivity index (χ1) is 37.0. The molecule has 0 aliphatic rings. The van der Waals surface area contributed by atoms with E-state index < -0.39 is 20.0 Å². The average Bonchev–Trinajstić information content (AvgIpc) is 3.38. The number of unbranched alkanes of at least 4 members (excludes halogenated alkanes) is 24. The van der Waals surface area contributed by atoms with Gasteiger partial charge in [-0.2, -0.15) is 0 Å². The van der Waals surface area contributed by atoms with E-state index in [0.29, 0.717) is 17.4 Å². The number of quaternary nitrogens is 1. The van der Waals surface area contributed by atoms with Crippen LogP contribution in [0.3, 0.4) is 0 Å². The maximum Gasteiger partial charge on any atom is 0.472 e. The molecule has 0 radical (unpaired) electrons. The number of aliphatic hydroxyl groups is 1. The van der Waals surface area contributed by atoms with E-state index in [1.807, 2.05) is 27.2 Å². The molecule has 0 heterocycles. The Hall–Kier alpha value is -3.10. The number of amides is 1. The van der Waals surface area contributed by atoms with Crippen LogP contribution in [0.4, 0.5) is 0 Å². The zero-order chi connectivity index (χ0) is 55.6. The van der Waals surface area contributed by atoms with E-state index >= 15 is 0 Å². The summed E-state index contributed by atoms with van der Waals surface area (Å²) in [4.78, 5) is 23.3. The van der Waals surface area contributed by atoms with E-state index in [0.717, 1.165) is 89.9 Å². The molecule has 3 N–H and O–H groups in total. The predicted octanol–water partition coefficient (Wildman–Crippen LogP) is 19.3. The molecule has 76 heavy (non-hydrogen) atoms. The molecule has 0 rings (SSSR count). The number of hydrogen-bond donors (Lipinski definition) is 3. The minimum atomic E-state index is -4.36. The Morgan fingerprint density at radius 1 is 0.461 bits per heavy atom. The van der Waals surface area contributed by atoms with Crippen LogP contribution in [0, 0.1) is 0 Å². The van der Waals surface area contributed by atoms with E-state index in [2.05, 4.69) is 129 Å². The van der Waals surface area contributed by atoms with Gasteiger partial charge in [0.2, 0.25) is 5.91 Å². The van der Waals surface area contributed by atoms with Gasteiger partial charge < -0.3 is 19.8 Å². The molecule has 9 heteroatoms. The van der Waals surface area contributed by atoms with Crippen molar-refractivity contribution in [1.82, 2.24) is 5.32 Å². The molecule has 0 saturated heterocycles. The van der Waals surface area contributed by atoms with Crippen LogP contribution in [0.5, 0.6) is 0 Å². The van der Waals surface area contributed by atoms with Crippen molar-refractivity contribution in [3.05, 3.63) is 122 Å². The number of rotatable bonds is 55. The molecular weight excluding hydrogens is 960 g/mol. The molecule has 0 aliphatic heterocycles. The highest BCUT2D eigenvalue weighted by Gasteiger charge is 2.27. The van der Waals surface area contributed by atoms with Crippen LogP contribution in [-0.2, 0) is 18.4 Å². The number of carbonyl (C=O) groups excluding carboxylic acids is 1. The number of carbonyl (C=O) groups is 1. The number of nitrogens with one attached hydrogen (secondary N) is 1. The molecule has 0 spiro atoms. The second kappa shape index (κ2) is 56.6. The Bertz CT molecular complexity index is 1650. The lowest BCUT2D eigenvalue weighted by molar-refractivity contribution is -0.870. The largest absolute Gasteiger partial charge is 0.472 e. The molecule has 8 nitrogen and oxygen atoms in total. The summed E-state index contributed by atoms with van der Waals surface area (Å²) in [5, 5.41) is 13.9. The van der Waals surface area contributed by atoms with Crippen molar-refractivity contribution in [3.63, 3.8) is 0 Å². The third-order valence-electron chi connectivity index (χ3n) is 13.2. The molecule has 3 unspecified atom stereocenters. The lowest BCUT2D eigenvalue weighted by Gasteiger charge is -2.25. The van der Waals surface area contributed by atoms with Crippen LogP contribution in [0.1, 0.15) is 245 Å². The topological polar surface area (TPSA) is 105 Å². The summed E-state index contributed by atoms with van der Waals surface area (Å²) in [6.45, 7) is 4.67. The minimum Gasteiger partial charge on any atom is -0.387 e. The quantitative estimate of drug-likeness (QED) is 0.0243. The Morgan fingerprint density at radius 2 is 0.803 bits per heavy atom. The summed E-state index contributed by atoms with van der Waals surface area (Å²) in [5.74, 6) is -0.191. The molecule has 3 atom stereocenters. The van der Waals surface area contributed by atoms with Crippen molar-refractivity contribution in [2.24, 2.45) is 0 Å². The molecule has 0 aromatic carbocycles. The number of likely N-dealkylation sites (N-methyl/N-ethyl adjacent to an activating group) is 1. The van der Waals surface area contributed by atoms with E-state index in [1.54, 1.807) is 6.08 Å². The van der Waals surface area contributed by atoms with Crippen LogP contribution in [0.25, 0.3) is 0 Å². The zero-order valence-corrected chi connectivity index (χ0v) is 50.6. The highest BCUT2D eigenvalue weighted by Crippen LogP contribution is 2.43. The van der Waals surface area contributed by atoms with Crippen molar-refractivity contribution >= 4 is 13.7 Å². The van der Waals surface area contributed by atoms with Crippen LogP contribution >= 0.6 is 7.82 Å². The molecule has 0 fully saturated rings. The minimum absolute atomic E-state index is 0.0518. The summed E-state index contributed by atoms with van der Waals surface area (Å²) in [7, 11) is 1.54. The smallest absolute Gasteiger partial charge is 0.387 e. The van der Waals surface area contributed by atoms with Gasteiger partial charge in [0, 0.05) is 6.42 Å². The van der Waals surface area contributed by atoms with Gasteiger partial charge in [-0.3, -0.25) is 13.8 Å². The normalized spacial score (nSPS) is 14.7. The fraction of sp³-hybridized carbons (Fsp3) is 0.687. The summed E-state index contributed by atoms with van der Waals surface area (Å²) in [5.41, 5.74) is 0. The molecule has 0 aliphatic carbocycles. The molecule has 0 bridgehead atoms. The average molecular weight is 1080 g/mol. The second-order valence-corrected chi connectivity index (χ2v) is 23.1. The van der Waals surface area contributed by atoms with Crippen molar-refractivity contribution in [2.45, 2.75) is 257 Å². The standard InChI is InChI=1S/C67H117N2O6P/c1-6-8-10-12-14-16-18-20-22-23-24-25-26-27-28-29-30-31-32-33-34-35-36-37-38-39-40-41-42-43-44-45-47-49-51-53-55-57-59-61-67(71)68-65(64-75-76(72,73)74-63-62-69(3,4)5)66(70)60-58-56-54-52-50-48-46-21-19-17-15-13-11-9-7-2/h8,10,14,16,20,22,24-25,27-28,30-31,33-34,36-37,50,52,58,60,65-66,70H,6-7,9,11-13,15,17-19,21,23,26,29,32,35,38-49,51,53-57,59,61-64H2,1-5H3,(H-,68,71,72,73)/p+1/b10-8-,16-14-,22-20-,25-24-,28-27-,31-30-,34-33-,37-36-,52-50+,60-58+. The van der Waals surface area contributed by atoms with Crippen molar-refractivity contribution < 1.29 is 32.9 Å². The Morgan fingerprint density at radius 3 is 1.21 bits per heavy atom. The van der Waals surface area contributed by atoms with Crippen LogP contribution in [0.2, 0.25) is 0 Å². The first-order valence-corrected chi connectivity index (χ1v) is 32.4. The molecule has 0 aromatic rings. The third kappa shape index (κ3) is 58.6. The highest BCUT2D eigenvalue weighted by molar-refractivity contribution is 7.47. The SMILES string of the molecule is CC/C=C\C/C=C\C/C=C\C/C=C\C/C=C\C/C=C\C/C=C\C/C=C\CCCCCCCCCCCCCCCCC(=O)NC(COP(=O)(O)OCC[N+](C)(C)C)C(O)/C=C/CC/C=C/CCCCCCCCCCC. The first-order valence-electron chi connectivity index (χ1n) is 30.9. The number of aliphatic hydroxyl groups excluding tert-OH is 1. The second-order valence-electron chi connectivity index (χ2n) is 21.7. The van der Waals surface area contributed by atoms with E-state index in [1.165, 1.54) is 135 Å². The van der Waals surface area contributed by atoms with E-state index in [9.17, 15) is 19.4 Å². The van der Waals surface area contributed by atoms with Crippen molar-refractivity contribution in [1.29, 1.82) is 0 Å². The summed E-state index contributed by atoms with van der Waals surface area (Å²) < 4.78 is 23.7. The Kier molecular flexibility index (Phi) is 54.3. The molecular formula is C67H118N2O6P+. The number of hydrogen-bond acceptors (Lipinski definition) is 5. The van der Waals surface area contributed by atoms with Gasteiger partial charge in [0.15, 0.2) is 0 Å². The van der Waals surface area contributed by atoms with Gasteiger partial charge in [-0.15, -0.1) is 0 Å². The van der Waals surface area contributed by atoms with Gasteiger partial charge in [0.1, 0.15) is 13.2 Å². The van der Waals surface area contributed by atoms with Crippen LogP contribution in [0.15, 0.2) is 122 Å². The number of phosphoric ester groups is 1. The van der Waals surface area contributed by atoms with Gasteiger partial charge in [0.25, 0.3) is 0 Å². The fourth-order valence-corrected chi connectivity index (χ4v) is 9.10. The molecule has 0 saturated carbocycles. The maximum absolute atomic E-state index is 13.0. The lowest BCUT2D eigenvalue weighted by Crippen LogP contribution is -2.45. The van der Waals surface area contributed by atoms with E-state index in [-0.39, 0.29) is 19.1 Å². The number of phosphoric acid groups is 1. The molecule has 0 aromatic heterocycles.